The van der Waals surface area contributed by atoms with E-state index in [4.69, 9.17) is 5.73 Å². The number of carbonyl (C=O) groups excluding carboxylic acids is 1. The summed E-state index contributed by atoms with van der Waals surface area (Å²) in [7, 11) is 0. The van der Waals surface area contributed by atoms with Crippen molar-refractivity contribution < 1.29 is 4.79 Å². The quantitative estimate of drug-likeness (QED) is 0.775. The van der Waals surface area contributed by atoms with Crippen LogP contribution >= 0.6 is 11.3 Å². The van der Waals surface area contributed by atoms with Crippen molar-refractivity contribution in [2.24, 2.45) is 5.73 Å². The summed E-state index contributed by atoms with van der Waals surface area (Å²) in [6.07, 6.45) is 1.86. The molecule has 0 saturated carbocycles. The van der Waals surface area contributed by atoms with Crippen molar-refractivity contribution in [1.29, 1.82) is 0 Å². The zero-order valence-electron chi connectivity index (χ0n) is 10.5. The first-order valence-electron chi connectivity index (χ1n) is 6.07. The number of carbonyl (C=O) groups is 1. The lowest BCUT2D eigenvalue weighted by atomic mass is 10.0. The van der Waals surface area contributed by atoms with E-state index in [0.29, 0.717) is 0 Å². The van der Waals surface area contributed by atoms with Crippen LogP contribution in [0.5, 0.6) is 0 Å². The number of rotatable bonds is 2. The number of hydrogen-bond donors (Lipinski definition) is 1. The van der Waals surface area contributed by atoms with Gasteiger partial charge in [-0.2, -0.15) is 11.3 Å². The van der Waals surface area contributed by atoms with Crippen LogP contribution in [0.3, 0.4) is 0 Å². The highest BCUT2D eigenvalue weighted by Gasteiger charge is 2.17. The summed E-state index contributed by atoms with van der Waals surface area (Å²) < 4.78 is 1.66. The number of nitrogens with two attached hydrogens (primary N) is 1. The lowest BCUT2D eigenvalue weighted by Gasteiger charge is -2.08. The fourth-order valence-electron chi connectivity index (χ4n) is 2.35. The Labute approximate surface area is 115 Å². The minimum absolute atomic E-state index is 0.0000291. The molecule has 2 aromatic heterocycles. The summed E-state index contributed by atoms with van der Waals surface area (Å²) in [5, 5.41) is 5.10. The van der Waals surface area contributed by atoms with Gasteiger partial charge < -0.3 is 5.73 Å². The van der Waals surface area contributed by atoms with Gasteiger partial charge in [0.1, 0.15) is 0 Å². The van der Waals surface area contributed by atoms with Gasteiger partial charge in [-0.1, -0.05) is 18.2 Å². The van der Waals surface area contributed by atoms with Gasteiger partial charge in [0.05, 0.1) is 11.6 Å². The molecule has 96 valence electrons. The van der Waals surface area contributed by atoms with E-state index in [9.17, 15) is 4.79 Å². The van der Waals surface area contributed by atoms with Crippen molar-refractivity contribution in [2.75, 3.05) is 0 Å². The fraction of sp³-hybridized carbons (Fsp3) is 0.133. The van der Waals surface area contributed by atoms with Crippen molar-refractivity contribution in [2.45, 2.75) is 13.0 Å². The number of benzene rings is 1. The average Bonchev–Trinajstić information content (AvgIpc) is 3.05. The molecular weight excluding hydrogens is 256 g/mol. The van der Waals surface area contributed by atoms with Crippen LogP contribution in [0, 0.1) is 0 Å². The largest absolute Gasteiger partial charge is 0.320 e. The highest BCUT2D eigenvalue weighted by atomic mass is 32.1. The van der Waals surface area contributed by atoms with Crippen LogP contribution in [0.25, 0.3) is 10.9 Å². The Balaban J connectivity index is 2.21. The molecule has 2 N–H and O–H groups in total. The third-order valence-electron chi connectivity index (χ3n) is 3.32. The summed E-state index contributed by atoms with van der Waals surface area (Å²) in [6.45, 7) is 1.56. The molecule has 1 aromatic carbocycles. The molecule has 0 bridgehead atoms. The van der Waals surface area contributed by atoms with E-state index >= 15 is 0 Å². The van der Waals surface area contributed by atoms with Crippen molar-refractivity contribution >= 4 is 28.1 Å². The van der Waals surface area contributed by atoms with E-state index in [2.05, 4.69) is 0 Å². The topological polar surface area (TPSA) is 48.0 Å². The molecule has 19 heavy (non-hydrogen) atoms. The zero-order valence-corrected chi connectivity index (χ0v) is 11.4. The van der Waals surface area contributed by atoms with Crippen LogP contribution in [-0.4, -0.2) is 10.5 Å². The number of hydrogen-bond acceptors (Lipinski definition) is 3. The second kappa shape index (κ2) is 4.64. The van der Waals surface area contributed by atoms with Crippen LogP contribution < -0.4 is 5.73 Å². The first-order valence-corrected chi connectivity index (χ1v) is 7.01. The predicted octanol–water partition coefficient (Wildman–Crippen LogP) is 3.41. The maximum Gasteiger partial charge on any atom is 0.227 e. The van der Waals surface area contributed by atoms with Crippen molar-refractivity contribution in [3.05, 3.63) is 58.4 Å². The Morgan fingerprint density at radius 2 is 2.11 bits per heavy atom. The third kappa shape index (κ3) is 1.99. The SMILES string of the molecule is CC(=O)n1cc([C@H](N)c2ccsc2)c2ccccc21. The van der Waals surface area contributed by atoms with Gasteiger partial charge in [-0.05, 0) is 34.0 Å². The van der Waals surface area contributed by atoms with E-state index in [-0.39, 0.29) is 11.9 Å². The first kappa shape index (κ1) is 12.1. The van der Waals surface area contributed by atoms with Crippen LogP contribution in [0.2, 0.25) is 0 Å². The molecule has 4 heteroatoms. The highest BCUT2D eigenvalue weighted by molar-refractivity contribution is 7.08. The molecule has 0 aliphatic heterocycles. The molecule has 0 unspecified atom stereocenters. The molecule has 0 amide bonds. The first-order chi connectivity index (χ1) is 9.18. The predicted molar refractivity (Wildman–Crippen MR) is 78.6 cm³/mol. The Bertz CT molecular complexity index is 728. The zero-order chi connectivity index (χ0) is 13.4. The molecular formula is C15H14N2OS. The number of fused-ring (bicyclic) bond motifs is 1. The Hall–Kier alpha value is -1.91. The average molecular weight is 270 g/mol. The van der Waals surface area contributed by atoms with Crippen LogP contribution in [-0.2, 0) is 0 Å². The second-order valence-electron chi connectivity index (χ2n) is 4.52. The summed E-state index contributed by atoms with van der Waals surface area (Å²) in [6, 6.07) is 9.68. The van der Waals surface area contributed by atoms with Crippen LogP contribution in [0.15, 0.2) is 47.3 Å². The highest BCUT2D eigenvalue weighted by Crippen LogP contribution is 2.30. The molecule has 0 aliphatic carbocycles. The van der Waals surface area contributed by atoms with E-state index in [1.54, 1.807) is 22.8 Å². The maximum absolute atomic E-state index is 11.7. The molecule has 3 aromatic rings. The van der Waals surface area contributed by atoms with Crippen molar-refractivity contribution in [3.63, 3.8) is 0 Å². The molecule has 3 rings (SSSR count). The molecule has 3 nitrogen and oxygen atoms in total. The van der Waals surface area contributed by atoms with E-state index in [0.717, 1.165) is 22.0 Å². The Morgan fingerprint density at radius 3 is 2.79 bits per heavy atom. The molecule has 2 heterocycles. The van der Waals surface area contributed by atoms with Gasteiger partial charge in [0, 0.05) is 18.5 Å². The van der Waals surface area contributed by atoms with Crippen molar-refractivity contribution in [3.8, 4) is 0 Å². The minimum Gasteiger partial charge on any atom is -0.320 e. The lowest BCUT2D eigenvalue weighted by molar-refractivity contribution is 0.0941. The third-order valence-corrected chi connectivity index (χ3v) is 4.02. The van der Waals surface area contributed by atoms with Gasteiger partial charge in [0.2, 0.25) is 5.91 Å². The van der Waals surface area contributed by atoms with Gasteiger partial charge >= 0.3 is 0 Å². The number of aromatic nitrogens is 1. The summed E-state index contributed by atoms with van der Waals surface area (Å²) >= 11 is 1.63. The van der Waals surface area contributed by atoms with E-state index in [1.807, 2.05) is 47.3 Å². The summed E-state index contributed by atoms with van der Waals surface area (Å²) in [5.74, 6) is -0.0000291. The molecule has 0 radical (unpaired) electrons. The second-order valence-corrected chi connectivity index (χ2v) is 5.30. The van der Waals surface area contributed by atoms with Gasteiger partial charge in [-0.15, -0.1) is 0 Å². The lowest BCUT2D eigenvalue weighted by Crippen LogP contribution is -2.10. The van der Waals surface area contributed by atoms with Crippen LogP contribution in [0.1, 0.15) is 28.9 Å². The van der Waals surface area contributed by atoms with E-state index in [1.165, 1.54) is 0 Å². The Morgan fingerprint density at radius 1 is 1.32 bits per heavy atom. The van der Waals surface area contributed by atoms with Gasteiger partial charge in [-0.3, -0.25) is 9.36 Å². The van der Waals surface area contributed by atoms with E-state index < -0.39 is 0 Å². The molecule has 0 spiro atoms. The van der Waals surface area contributed by atoms with Gasteiger partial charge in [0.25, 0.3) is 0 Å². The smallest absolute Gasteiger partial charge is 0.227 e. The van der Waals surface area contributed by atoms with Crippen molar-refractivity contribution in [1.82, 2.24) is 4.57 Å². The monoisotopic (exact) mass is 270 g/mol. The summed E-state index contributed by atoms with van der Waals surface area (Å²) in [5.41, 5.74) is 9.31. The maximum atomic E-state index is 11.7. The molecule has 1 atom stereocenters. The molecule has 0 fully saturated rings. The normalized spacial score (nSPS) is 12.7. The minimum atomic E-state index is -0.197. The van der Waals surface area contributed by atoms with Gasteiger partial charge in [0.15, 0.2) is 0 Å². The standard InChI is InChI=1S/C15H14N2OS/c1-10(18)17-8-13(12-4-2-3-5-14(12)17)15(16)11-6-7-19-9-11/h2-9,15H,16H2,1H3/t15-/m1/s1. The Kier molecular flexibility index (Phi) is 2.97. The molecule has 0 aliphatic rings. The fourth-order valence-corrected chi connectivity index (χ4v) is 3.04. The van der Waals surface area contributed by atoms with Gasteiger partial charge in [-0.25, -0.2) is 0 Å². The number of thiophene rings is 1. The number of para-hydroxylation sites is 1. The van der Waals surface area contributed by atoms with Crippen LogP contribution in [0.4, 0.5) is 0 Å². The number of nitrogens with zero attached hydrogens (tertiary/aromatic N) is 1. The molecule has 0 saturated heterocycles. The summed E-state index contributed by atoms with van der Waals surface area (Å²) in [4.78, 5) is 11.7.